The van der Waals surface area contributed by atoms with Gasteiger partial charge in [0.1, 0.15) is 17.1 Å². The van der Waals surface area contributed by atoms with Gasteiger partial charge in [-0.05, 0) is 59.6 Å². The van der Waals surface area contributed by atoms with Crippen molar-refractivity contribution in [3.05, 3.63) is 23.7 Å². The summed E-state index contributed by atoms with van der Waals surface area (Å²) in [5, 5.41) is 6.63. The van der Waals surface area contributed by atoms with Crippen LogP contribution in [0.5, 0.6) is 0 Å². The lowest BCUT2D eigenvalue weighted by molar-refractivity contribution is -0.154. The van der Waals surface area contributed by atoms with E-state index in [-0.39, 0.29) is 12.0 Å². The molecule has 0 aliphatic rings. The smallest absolute Gasteiger partial charge is 0.306 e. The van der Waals surface area contributed by atoms with E-state index in [2.05, 4.69) is 15.6 Å². The Balaban J connectivity index is 2.13. The van der Waals surface area contributed by atoms with Crippen LogP contribution in [0, 0.1) is 6.92 Å². The van der Waals surface area contributed by atoms with Gasteiger partial charge < -0.3 is 19.8 Å². The Bertz CT molecular complexity index is 573. The Labute approximate surface area is 157 Å². The summed E-state index contributed by atoms with van der Waals surface area (Å²) in [5.74, 6) is 2.46. The zero-order valence-corrected chi connectivity index (χ0v) is 17.1. The van der Waals surface area contributed by atoms with Crippen molar-refractivity contribution in [1.29, 1.82) is 0 Å². The summed E-state index contributed by atoms with van der Waals surface area (Å²) >= 11 is 0. The van der Waals surface area contributed by atoms with Crippen LogP contribution < -0.4 is 10.6 Å². The molecule has 6 heteroatoms. The highest BCUT2D eigenvalue weighted by atomic mass is 16.6. The second-order valence-corrected chi connectivity index (χ2v) is 7.56. The lowest BCUT2D eigenvalue weighted by atomic mass is 10.1. The van der Waals surface area contributed by atoms with Crippen molar-refractivity contribution in [2.45, 2.75) is 78.4 Å². The number of nitrogens with one attached hydrogen (secondary N) is 2. The molecule has 148 valence electrons. The summed E-state index contributed by atoms with van der Waals surface area (Å²) in [4.78, 5) is 15.9. The Kier molecular flexibility index (Phi) is 9.24. The van der Waals surface area contributed by atoms with Gasteiger partial charge in [-0.3, -0.25) is 9.79 Å². The first-order valence-corrected chi connectivity index (χ1v) is 9.46. The van der Waals surface area contributed by atoms with Crippen molar-refractivity contribution in [3.8, 4) is 0 Å². The topological polar surface area (TPSA) is 75.9 Å². The summed E-state index contributed by atoms with van der Waals surface area (Å²) < 4.78 is 10.9. The van der Waals surface area contributed by atoms with Gasteiger partial charge >= 0.3 is 5.97 Å². The number of aliphatic imine (C=N–C) groups is 1. The molecule has 0 saturated carbocycles. The molecule has 1 atom stereocenters. The molecule has 0 aromatic carbocycles. The van der Waals surface area contributed by atoms with E-state index in [4.69, 9.17) is 9.15 Å². The first kappa shape index (κ1) is 22.1. The van der Waals surface area contributed by atoms with Gasteiger partial charge in [-0.2, -0.15) is 0 Å². The van der Waals surface area contributed by atoms with E-state index >= 15 is 0 Å². The van der Waals surface area contributed by atoms with E-state index in [1.165, 1.54) is 0 Å². The molecule has 26 heavy (non-hydrogen) atoms. The number of guanidine groups is 1. The molecule has 2 N–H and O–H groups in total. The molecule has 0 amide bonds. The fourth-order valence-corrected chi connectivity index (χ4v) is 2.50. The number of aryl methyl sites for hydroxylation is 1. The number of esters is 1. The van der Waals surface area contributed by atoms with E-state index in [9.17, 15) is 4.79 Å². The average molecular weight is 366 g/mol. The minimum atomic E-state index is -0.393. The molecule has 0 aliphatic carbocycles. The predicted octanol–water partition coefficient (Wildman–Crippen LogP) is 4.11. The highest BCUT2D eigenvalue weighted by Gasteiger charge is 2.15. The van der Waals surface area contributed by atoms with Gasteiger partial charge in [0.15, 0.2) is 5.96 Å². The fourth-order valence-electron chi connectivity index (χ4n) is 2.50. The molecule has 1 aromatic heterocycles. The lowest BCUT2D eigenvalue weighted by Gasteiger charge is -2.19. The molecule has 0 fully saturated rings. The summed E-state index contributed by atoms with van der Waals surface area (Å²) in [6.07, 6.45) is 4.49. The lowest BCUT2D eigenvalue weighted by Crippen LogP contribution is -2.39. The number of nitrogens with zero attached hydrogens (tertiary/aromatic N) is 1. The van der Waals surface area contributed by atoms with Gasteiger partial charge in [0.2, 0.25) is 0 Å². The Morgan fingerprint density at radius 2 is 1.92 bits per heavy atom. The number of furan rings is 1. The zero-order valence-electron chi connectivity index (χ0n) is 17.1. The van der Waals surface area contributed by atoms with Crippen molar-refractivity contribution in [2.75, 3.05) is 13.6 Å². The largest absolute Gasteiger partial charge is 0.464 e. The summed E-state index contributed by atoms with van der Waals surface area (Å²) in [5.41, 5.74) is -0.393. The zero-order chi connectivity index (χ0) is 19.6. The van der Waals surface area contributed by atoms with Crippen molar-refractivity contribution < 1.29 is 13.9 Å². The molecular weight excluding hydrogens is 330 g/mol. The van der Waals surface area contributed by atoms with Crippen LogP contribution in [0.2, 0.25) is 0 Å². The van der Waals surface area contributed by atoms with Gasteiger partial charge in [-0.25, -0.2) is 0 Å². The first-order chi connectivity index (χ1) is 12.2. The third kappa shape index (κ3) is 9.49. The standard InChI is InChI=1S/C20H35N3O3/c1-15-12-13-17(25-15)16(2)23-19(21-6)22-14-10-8-7-9-11-18(24)26-20(3,4)5/h12-13,16H,7-11,14H2,1-6H3,(H2,21,22,23). The number of rotatable bonds is 9. The van der Waals surface area contributed by atoms with Gasteiger partial charge in [-0.1, -0.05) is 12.8 Å². The number of ether oxygens (including phenoxy) is 1. The number of unbranched alkanes of at least 4 members (excludes halogenated alkanes) is 3. The van der Waals surface area contributed by atoms with E-state index in [1.54, 1.807) is 7.05 Å². The highest BCUT2D eigenvalue weighted by Crippen LogP contribution is 2.15. The Morgan fingerprint density at radius 3 is 2.50 bits per heavy atom. The molecule has 0 spiro atoms. The van der Waals surface area contributed by atoms with Gasteiger partial charge in [-0.15, -0.1) is 0 Å². The number of carbonyl (C=O) groups excluding carboxylic acids is 1. The second-order valence-electron chi connectivity index (χ2n) is 7.56. The molecule has 0 radical (unpaired) electrons. The van der Waals surface area contributed by atoms with Crippen LogP contribution in [0.3, 0.4) is 0 Å². The van der Waals surface area contributed by atoms with Crippen LogP contribution in [0.1, 0.15) is 77.4 Å². The maximum Gasteiger partial charge on any atom is 0.306 e. The van der Waals surface area contributed by atoms with Crippen molar-refractivity contribution >= 4 is 11.9 Å². The molecular formula is C20H35N3O3. The molecule has 0 saturated heterocycles. The third-order valence-corrected chi connectivity index (χ3v) is 3.78. The van der Waals surface area contributed by atoms with E-state index in [1.807, 2.05) is 46.8 Å². The van der Waals surface area contributed by atoms with E-state index < -0.39 is 5.60 Å². The molecule has 0 aliphatic heterocycles. The second kappa shape index (κ2) is 10.9. The molecule has 1 unspecified atom stereocenters. The molecule has 1 rings (SSSR count). The number of carbonyl (C=O) groups is 1. The predicted molar refractivity (Wildman–Crippen MR) is 105 cm³/mol. The van der Waals surface area contributed by atoms with Crippen LogP contribution in [0.25, 0.3) is 0 Å². The van der Waals surface area contributed by atoms with Crippen molar-refractivity contribution in [1.82, 2.24) is 10.6 Å². The summed E-state index contributed by atoms with van der Waals surface area (Å²) in [6.45, 7) is 10.5. The van der Waals surface area contributed by atoms with Crippen LogP contribution >= 0.6 is 0 Å². The van der Waals surface area contributed by atoms with E-state index in [0.717, 1.165) is 49.7 Å². The minimum absolute atomic E-state index is 0.0590. The Hall–Kier alpha value is -1.98. The molecule has 0 bridgehead atoms. The number of hydrogen-bond donors (Lipinski definition) is 2. The van der Waals surface area contributed by atoms with Crippen LogP contribution in [-0.2, 0) is 9.53 Å². The summed E-state index contributed by atoms with van der Waals surface area (Å²) in [6, 6.07) is 4.00. The maximum atomic E-state index is 11.6. The maximum absolute atomic E-state index is 11.6. The first-order valence-electron chi connectivity index (χ1n) is 9.46. The van der Waals surface area contributed by atoms with Gasteiger partial charge in [0.25, 0.3) is 0 Å². The van der Waals surface area contributed by atoms with Crippen molar-refractivity contribution in [2.24, 2.45) is 4.99 Å². The van der Waals surface area contributed by atoms with Gasteiger partial charge in [0.05, 0.1) is 6.04 Å². The van der Waals surface area contributed by atoms with Crippen LogP contribution in [0.4, 0.5) is 0 Å². The minimum Gasteiger partial charge on any atom is -0.464 e. The third-order valence-electron chi connectivity index (χ3n) is 3.78. The quantitative estimate of drug-likeness (QED) is 0.298. The normalized spacial score (nSPS) is 13.4. The molecule has 1 aromatic rings. The SMILES string of the molecule is CN=C(NCCCCCCC(=O)OC(C)(C)C)NC(C)c1ccc(C)o1. The highest BCUT2D eigenvalue weighted by molar-refractivity contribution is 5.79. The van der Waals surface area contributed by atoms with Crippen molar-refractivity contribution in [3.63, 3.8) is 0 Å². The van der Waals surface area contributed by atoms with Crippen LogP contribution in [0.15, 0.2) is 21.5 Å². The van der Waals surface area contributed by atoms with E-state index in [0.29, 0.717) is 6.42 Å². The summed E-state index contributed by atoms with van der Waals surface area (Å²) in [7, 11) is 1.76. The van der Waals surface area contributed by atoms with Gasteiger partial charge in [0, 0.05) is 20.0 Å². The monoisotopic (exact) mass is 365 g/mol. The fraction of sp³-hybridized carbons (Fsp3) is 0.700. The molecule has 6 nitrogen and oxygen atoms in total. The van der Waals surface area contributed by atoms with Crippen LogP contribution in [-0.4, -0.2) is 31.1 Å². The molecule has 1 heterocycles. The Morgan fingerprint density at radius 1 is 1.23 bits per heavy atom. The average Bonchev–Trinajstić information content (AvgIpc) is 2.97. The number of hydrogen-bond acceptors (Lipinski definition) is 4.